The van der Waals surface area contributed by atoms with E-state index in [9.17, 15) is 4.79 Å². The molecule has 4 heteroatoms. The van der Waals surface area contributed by atoms with Crippen LogP contribution in [0.5, 0.6) is 0 Å². The van der Waals surface area contributed by atoms with E-state index in [4.69, 9.17) is 0 Å². The van der Waals surface area contributed by atoms with Crippen LogP contribution in [0.3, 0.4) is 0 Å². The van der Waals surface area contributed by atoms with E-state index in [0.29, 0.717) is 22.1 Å². The molecular formula is C14H7N3O. The minimum absolute atomic E-state index is 0.0478. The van der Waals surface area contributed by atoms with Crippen LogP contribution < -0.4 is 10.8 Å². The highest BCUT2D eigenvalue weighted by atomic mass is 16.1. The molecule has 2 aromatic rings. The lowest BCUT2D eigenvalue weighted by Crippen LogP contribution is -2.19. The average Bonchev–Trinajstić information content (AvgIpc) is 2.77. The Morgan fingerprint density at radius 3 is 3.00 bits per heavy atom. The molecule has 0 saturated carbocycles. The second kappa shape index (κ2) is 3.20. The summed E-state index contributed by atoms with van der Waals surface area (Å²) >= 11 is 0. The van der Waals surface area contributed by atoms with Crippen LogP contribution in [0.15, 0.2) is 41.7 Å². The number of pyridine rings is 2. The van der Waals surface area contributed by atoms with E-state index >= 15 is 0 Å². The number of fused-ring (bicyclic) bond motifs is 4. The van der Waals surface area contributed by atoms with Gasteiger partial charge in [-0.15, -0.1) is 0 Å². The van der Waals surface area contributed by atoms with Gasteiger partial charge in [-0.1, -0.05) is 6.08 Å². The van der Waals surface area contributed by atoms with Crippen LogP contribution in [0, 0.1) is 10.4 Å². The molecule has 0 aromatic carbocycles. The zero-order valence-corrected chi connectivity index (χ0v) is 9.29. The number of hydrogen-bond donors (Lipinski definition) is 0. The molecule has 18 heavy (non-hydrogen) atoms. The van der Waals surface area contributed by atoms with E-state index in [-0.39, 0.29) is 5.78 Å². The maximum Gasteiger partial charge on any atom is 0.190 e. The van der Waals surface area contributed by atoms with E-state index in [1.807, 2.05) is 18.2 Å². The predicted octanol–water partition coefficient (Wildman–Crippen LogP) is 0.561. The number of aromatic nitrogens is 2. The number of allylic oxidation sites excluding steroid dienone is 2. The lowest BCUT2D eigenvalue weighted by molar-refractivity contribution is 0.104. The van der Waals surface area contributed by atoms with Crippen molar-refractivity contribution >= 4 is 17.5 Å². The highest BCUT2D eigenvalue weighted by Crippen LogP contribution is 2.21. The molecule has 0 spiro atoms. The SMILES string of the molecule is O=C1C=CC=c2ncc3c(c21)N=c1ncccc1=3. The summed E-state index contributed by atoms with van der Waals surface area (Å²) in [6.45, 7) is 0. The van der Waals surface area contributed by atoms with Gasteiger partial charge >= 0.3 is 0 Å². The molecule has 0 N–H and O–H groups in total. The molecule has 0 atom stereocenters. The molecule has 0 saturated heterocycles. The topological polar surface area (TPSA) is 55.2 Å². The molecule has 2 aromatic heterocycles. The van der Waals surface area contributed by atoms with E-state index in [1.165, 1.54) is 6.08 Å². The molecule has 4 nitrogen and oxygen atoms in total. The van der Waals surface area contributed by atoms with E-state index in [1.54, 1.807) is 18.5 Å². The van der Waals surface area contributed by atoms with Crippen molar-refractivity contribution in [1.29, 1.82) is 0 Å². The molecule has 0 fully saturated rings. The lowest BCUT2D eigenvalue weighted by atomic mass is 10.0. The van der Waals surface area contributed by atoms with E-state index in [0.717, 1.165) is 10.4 Å². The Hall–Kier alpha value is -2.62. The Kier molecular flexibility index (Phi) is 1.67. The van der Waals surface area contributed by atoms with Crippen molar-refractivity contribution in [3.63, 3.8) is 0 Å². The first-order chi connectivity index (χ1) is 8.84. The second-order valence-electron chi connectivity index (χ2n) is 4.16. The Balaban J connectivity index is 2.29. The standard InChI is InChI=1S/C14H7N3O/c18-11-5-1-4-10-12(11)13-9(7-16-10)8-3-2-6-15-14(8)17-13/h1-7H. The molecule has 1 aliphatic carbocycles. The van der Waals surface area contributed by atoms with Gasteiger partial charge in [0.25, 0.3) is 0 Å². The fourth-order valence-electron chi connectivity index (χ4n) is 2.31. The highest BCUT2D eigenvalue weighted by molar-refractivity contribution is 6.09. The molecule has 3 heterocycles. The van der Waals surface area contributed by atoms with Crippen LogP contribution in [0.4, 0.5) is 5.69 Å². The van der Waals surface area contributed by atoms with Crippen LogP contribution >= 0.6 is 0 Å². The zero-order chi connectivity index (χ0) is 12.1. The largest absolute Gasteiger partial charge is 0.289 e. The first-order valence-electron chi connectivity index (χ1n) is 5.60. The summed E-state index contributed by atoms with van der Waals surface area (Å²) in [5, 5.41) is 2.50. The second-order valence-corrected chi connectivity index (χ2v) is 4.16. The number of nitrogens with zero attached hydrogens (tertiary/aromatic N) is 3. The molecule has 0 unspecified atom stereocenters. The highest BCUT2D eigenvalue weighted by Gasteiger charge is 2.17. The Morgan fingerprint density at radius 1 is 1.11 bits per heavy atom. The molecule has 84 valence electrons. The summed E-state index contributed by atoms with van der Waals surface area (Å²) in [5.74, 6) is -0.0478. The van der Waals surface area contributed by atoms with Crippen LogP contribution in [0.1, 0.15) is 10.4 Å². The third kappa shape index (κ3) is 1.09. The van der Waals surface area contributed by atoms with Crippen LogP contribution in [-0.2, 0) is 0 Å². The predicted molar refractivity (Wildman–Crippen MR) is 64.5 cm³/mol. The third-order valence-corrected chi connectivity index (χ3v) is 3.12. The van der Waals surface area contributed by atoms with Crippen molar-refractivity contribution in [2.24, 2.45) is 4.99 Å². The van der Waals surface area contributed by atoms with E-state index in [2.05, 4.69) is 15.0 Å². The first kappa shape index (κ1) is 9.41. The maximum atomic E-state index is 12.0. The number of hydrogen-bond acceptors (Lipinski definition) is 4. The van der Waals surface area contributed by atoms with Crippen molar-refractivity contribution in [3.8, 4) is 0 Å². The maximum absolute atomic E-state index is 12.0. The Morgan fingerprint density at radius 2 is 2.06 bits per heavy atom. The molecule has 0 bridgehead atoms. The summed E-state index contributed by atoms with van der Waals surface area (Å²) < 4.78 is 0. The fraction of sp³-hybridized carbons (Fsp3) is 0. The minimum Gasteiger partial charge on any atom is -0.289 e. The van der Waals surface area contributed by atoms with Gasteiger partial charge in [0.1, 0.15) is 0 Å². The summed E-state index contributed by atoms with van der Waals surface area (Å²) in [6, 6.07) is 3.80. The van der Waals surface area contributed by atoms with Crippen molar-refractivity contribution in [2.75, 3.05) is 0 Å². The lowest BCUT2D eigenvalue weighted by Gasteiger charge is -2.04. The number of carbonyl (C=O) groups excluding carboxylic acids is 1. The van der Waals surface area contributed by atoms with Crippen LogP contribution in [-0.4, -0.2) is 15.8 Å². The van der Waals surface area contributed by atoms with Gasteiger partial charge < -0.3 is 0 Å². The van der Waals surface area contributed by atoms with Gasteiger partial charge in [-0.05, 0) is 24.3 Å². The van der Waals surface area contributed by atoms with Crippen LogP contribution in [0.25, 0.3) is 6.08 Å². The van der Waals surface area contributed by atoms with Crippen molar-refractivity contribution < 1.29 is 4.79 Å². The summed E-state index contributed by atoms with van der Waals surface area (Å²) in [5.41, 5.74) is 1.93. The number of rotatable bonds is 0. The van der Waals surface area contributed by atoms with Gasteiger partial charge in [0.15, 0.2) is 11.3 Å². The quantitative estimate of drug-likeness (QED) is 0.570. The molecule has 2 aliphatic rings. The number of carbonyl (C=O) groups is 1. The number of ketones is 1. The van der Waals surface area contributed by atoms with Gasteiger partial charge in [-0.2, -0.15) is 0 Å². The average molecular weight is 233 g/mol. The molecule has 4 rings (SSSR count). The summed E-state index contributed by atoms with van der Waals surface area (Å²) in [4.78, 5) is 25.0. The van der Waals surface area contributed by atoms with Crippen molar-refractivity contribution in [2.45, 2.75) is 0 Å². The van der Waals surface area contributed by atoms with Gasteiger partial charge in [0.05, 0.1) is 16.6 Å². The fourth-order valence-corrected chi connectivity index (χ4v) is 2.31. The molecule has 1 aliphatic heterocycles. The molecule has 0 radical (unpaired) electrons. The third-order valence-electron chi connectivity index (χ3n) is 3.12. The van der Waals surface area contributed by atoms with E-state index < -0.39 is 0 Å². The molecule has 0 amide bonds. The smallest absolute Gasteiger partial charge is 0.190 e. The summed E-state index contributed by atoms with van der Waals surface area (Å²) in [7, 11) is 0. The van der Waals surface area contributed by atoms with Gasteiger partial charge in [0, 0.05) is 22.8 Å². The summed E-state index contributed by atoms with van der Waals surface area (Å²) in [6.07, 6.45) is 8.53. The normalized spacial score (nSPS) is 14.3. The first-order valence-corrected chi connectivity index (χ1v) is 5.60. The minimum atomic E-state index is -0.0478. The van der Waals surface area contributed by atoms with Crippen molar-refractivity contribution in [1.82, 2.24) is 9.97 Å². The van der Waals surface area contributed by atoms with Gasteiger partial charge in [-0.25, -0.2) is 9.98 Å². The monoisotopic (exact) mass is 233 g/mol. The van der Waals surface area contributed by atoms with Gasteiger partial charge in [-0.3, -0.25) is 9.78 Å². The molecular weight excluding hydrogens is 226 g/mol. The van der Waals surface area contributed by atoms with Crippen LogP contribution in [0.2, 0.25) is 0 Å². The Labute approximate surface area is 101 Å². The van der Waals surface area contributed by atoms with Crippen molar-refractivity contribution in [3.05, 3.63) is 63.5 Å². The van der Waals surface area contributed by atoms with Gasteiger partial charge in [0.2, 0.25) is 0 Å². The zero-order valence-electron chi connectivity index (χ0n) is 9.29. The Bertz CT molecular complexity index is 942.